The van der Waals surface area contributed by atoms with E-state index in [2.05, 4.69) is 21.9 Å². The third-order valence-electron chi connectivity index (χ3n) is 4.24. The lowest BCUT2D eigenvalue weighted by Gasteiger charge is -2.29. The molecule has 0 atom stereocenters. The van der Waals surface area contributed by atoms with Crippen molar-refractivity contribution in [2.45, 2.75) is 19.4 Å². The summed E-state index contributed by atoms with van der Waals surface area (Å²) in [5.74, 6) is -0.357. The summed E-state index contributed by atoms with van der Waals surface area (Å²) in [6.07, 6.45) is 4.43. The Morgan fingerprint density at radius 1 is 1.38 bits per heavy atom. The van der Waals surface area contributed by atoms with Crippen LogP contribution in [0.15, 0.2) is 43.1 Å². The smallest absolute Gasteiger partial charge is 0.316 e. The van der Waals surface area contributed by atoms with Crippen molar-refractivity contribution in [1.29, 1.82) is 0 Å². The molecule has 0 radical (unpaired) electrons. The van der Waals surface area contributed by atoms with Crippen LogP contribution in [-0.4, -0.2) is 35.4 Å². The molecule has 1 aliphatic rings. The topological polar surface area (TPSA) is 84.4 Å². The number of carbonyl (C=O) groups excluding carboxylic acids is 2. The van der Waals surface area contributed by atoms with E-state index in [-0.39, 0.29) is 24.4 Å². The molecule has 1 aromatic carbocycles. The average molecular weight is 352 g/mol. The fourth-order valence-electron chi connectivity index (χ4n) is 3.02. The van der Waals surface area contributed by atoms with Gasteiger partial charge in [-0.2, -0.15) is 4.98 Å². The summed E-state index contributed by atoms with van der Waals surface area (Å²) in [6, 6.07) is 7.40. The zero-order valence-corrected chi connectivity index (χ0v) is 14.6. The Morgan fingerprint density at radius 2 is 2.23 bits per heavy atom. The van der Waals surface area contributed by atoms with Gasteiger partial charge in [-0.05, 0) is 42.7 Å². The van der Waals surface area contributed by atoms with Crippen molar-refractivity contribution in [3.63, 3.8) is 0 Å². The van der Waals surface area contributed by atoms with Gasteiger partial charge in [-0.3, -0.25) is 9.59 Å². The zero-order valence-electron chi connectivity index (χ0n) is 14.6. The van der Waals surface area contributed by atoms with Gasteiger partial charge in [0.05, 0.1) is 19.3 Å². The van der Waals surface area contributed by atoms with E-state index in [4.69, 9.17) is 4.74 Å². The number of hydrogen-bond donors (Lipinski definition) is 1. The second-order valence-corrected chi connectivity index (χ2v) is 5.82. The summed E-state index contributed by atoms with van der Waals surface area (Å²) >= 11 is 0. The van der Waals surface area contributed by atoms with Crippen LogP contribution in [0.25, 0.3) is 0 Å². The van der Waals surface area contributed by atoms with Crippen LogP contribution in [0.2, 0.25) is 0 Å². The molecular formula is C19H20N4O3. The number of fused-ring (bicyclic) bond motifs is 1. The van der Waals surface area contributed by atoms with Gasteiger partial charge in [-0.25, -0.2) is 4.98 Å². The van der Waals surface area contributed by atoms with E-state index in [0.29, 0.717) is 17.8 Å². The largest absolute Gasteiger partial charge is 0.467 e. The Morgan fingerprint density at radius 3 is 3.00 bits per heavy atom. The molecule has 0 saturated heterocycles. The maximum Gasteiger partial charge on any atom is 0.316 e. The van der Waals surface area contributed by atoms with Crippen LogP contribution >= 0.6 is 0 Å². The predicted molar refractivity (Wildman–Crippen MR) is 97.1 cm³/mol. The molecule has 2 heterocycles. The number of rotatable bonds is 5. The number of nitrogens with one attached hydrogen (secondary N) is 1. The molecule has 1 aromatic heterocycles. The van der Waals surface area contributed by atoms with E-state index in [0.717, 1.165) is 24.1 Å². The molecule has 1 N–H and O–H groups in total. The Balaban J connectivity index is 1.80. The molecule has 0 bridgehead atoms. The van der Waals surface area contributed by atoms with E-state index in [1.165, 1.54) is 13.2 Å². The number of ether oxygens (including phenoxy) is 1. The molecule has 0 saturated carbocycles. The molecule has 0 aliphatic carbocycles. The molecule has 0 spiro atoms. The number of aromatic nitrogens is 2. The normalized spacial score (nSPS) is 12.9. The monoisotopic (exact) mass is 352 g/mol. The highest BCUT2D eigenvalue weighted by molar-refractivity contribution is 6.04. The van der Waals surface area contributed by atoms with Gasteiger partial charge in [-0.1, -0.05) is 12.6 Å². The summed E-state index contributed by atoms with van der Waals surface area (Å²) in [5.41, 5.74) is 2.88. The van der Waals surface area contributed by atoms with Gasteiger partial charge >= 0.3 is 6.01 Å². The van der Waals surface area contributed by atoms with E-state index in [9.17, 15) is 9.59 Å². The summed E-state index contributed by atoms with van der Waals surface area (Å²) in [6.45, 7) is 4.44. The highest BCUT2D eigenvalue weighted by atomic mass is 16.5. The zero-order chi connectivity index (χ0) is 18.5. The lowest BCUT2D eigenvalue weighted by Crippen LogP contribution is -2.35. The molecule has 2 aromatic rings. The number of anilines is 1. The Kier molecular flexibility index (Phi) is 5.26. The number of amides is 2. The van der Waals surface area contributed by atoms with Crippen molar-refractivity contribution in [3.05, 3.63) is 59.9 Å². The van der Waals surface area contributed by atoms with Gasteiger partial charge in [0.25, 0.3) is 5.91 Å². The van der Waals surface area contributed by atoms with Crippen LogP contribution < -0.4 is 15.0 Å². The molecule has 3 rings (SSSR count). The minimum atomic E-state index is -0.202. The standard InChI is InChI=1S/C19H20N4O3/c1-3-17(24)23-11-5-7-14-15(6-4-8-16(14)23)18(25)21-12-13-9-10-20-19(22-13)26-2/h3-4,6,8-10H,1,5,7,11-12H2,2H3,(H,21,25). The van der Waals surface area contributed by atoms with Crippen LogP contribution in [0.3, 0.4) is 0 Å². The van der Waals surface area contributed by atoms with Crippen LogP contribution in [0.1, 0.15) is 28.0 Å². The van der Waals surface area contributed by atoms with E-state index >= 15 is 0 Å². The Bertz CT molecular complexity index is 850. The third kappa shape index (κ3) is 3.56. The van der Waals surface area contributed by atoms with Crippen molar-refractivity contribution in [3.8, 4) is 6.01 Å². The number of benzene rings is 1. The molecule has 2 amide bonds. The SMILES string of the molecule is C=CC(=O)N1CCCc2c(C(=O)NCc3ccnc(OC)n3)cccc21. The summed E-state index contributed by atoms with van der Waals surface area (Å²) in [5, 5.41) is 2.87. The van der Waals surface area contributed by atoms with Crippen LogP contribution in [0.5, 0.6) is 6.01 Å². The van der Waals surface area contributed by atoms with Gasteiger partial charge in [0.2, 0.25) is 5.91 Å². The first kappa shape index (κ1) is 17.6. The fraction of sp³-hybridized carbons (Fsp3) is 0.263. The Labute approximate surface area is 151 Å². The maximum atomic E-state index is 12.7. The van der Waals surface area contributed by atoms with Crippen LogP contribution in [0, 0.1) is 0 Å². The van der Waals surface area contributed by atoms with Gasteiger partial charge in [0.15, 0.2) is 0 Å². The summed E-state index contributed by atoms with van der Waals surface area (Å²) in [7, 11) is 1.49. The van der Waals surface area contributed by atoms with Crippen LogP contribution in [-0.2, 0) is 17.8 Å². The summed E-state index contributed by atoms with van der Waals surface area (Å²) in [4.78, 5) is 34.5. The lowest BCUT2D eigenvalue weighted by atomic mass is 9.95. The van der Waals surface area contributed by atoms with Gasteiger partial charge in [-0.15, -0.1) is 0 Å². The molecule has 1 aliphatic heterocycles. The van der Waals surface area contributed by atoms with Gasteiger partial charge in [0, 0.05) is 24.0 Å². The first-order chi connectivity index (χ1) is 12.6. The van der Waals surface area contributed by atoms with Crippen LogP contribution in [0.4, 0.5) is 5.69 Å². The predicted octanol–water partition coefficient (Wildman–Crippen LogP) is 1.88. The molecule has 7 nitrogen and oxygen atoms in total. The van der Waals surface area contributed by atoms with Crippen molar-refractivity contribution in [2.75, 3.05) is 18.6 Å². The first-order valence-corrected chi connectivity index (χ1v) is 8.34. The second-order valence-electron chi connectivity index (χ2n) is 5.82. The molecular weight excluding hydrogens is 332 g/mol. The Hall–Kier alpha value is -3.22. The van der Waals surface area contributed by atoms with E-state index in [1.807, 2.05) is 6.07 Å². The molecule has 7 heteroatoms. The van der Waals surface area contributed by atoms with Crippen molar-refractivity contribution in [1.82, 2.24) is 15.3 Å². The number of hydrogen-bond acceptors (Lipinski definition) is 5. The molecule has 134 valence electrons. The van der Waals surface area contributed by atoms with E-state index < -0.39 is 0 Å². The lowest BCUT2D eigenvalue weighted by molar-refractivity contribution is -0.114. The van der Waals surface area contributed by atoms with Crippen molar-refractivity contribution >= 4 is 17.5 Å². The highest BCUT2D eigenvalue weighted by Gasteiger charge is 2.24. The van der Waals surface area contributed by atoms with Crippen molar-refractivity contribution in [2.24, 2.45) is 0 Å². The van der Waals surface area contributed by atoms with E-state index in [1.54, 1.807) is 29.3 Å². The third-order valence-corrected chi connectivity index (χ3v) is 4.24. The quantitative estimate of drug-likeness (QED) is 0.831. The molecule has 0 fully saturated rings. The summed E-state index contributed by atoms with van der Waals surface area (Å²) < 4.78 is 4.99. The number of carbonyl (C=O) groups is 2. The minimum absolute atomic E-state index is 0.156. The molecule has 0 unspecified atom stereocenters. The van der Waals surface area contributed by atoms with Gasteiger partial charge < -0.3 is 15.0 Å². The van der Waals surface area contributed by atoms with Crippen molar-refractivity contribution < 1.29 is 14.3 Å². The fourth-order valence-corrected chi connectivity index (χ4v) is 3.02. The second kappa shape index (κ2) is 7.77. The number of methoxy groups -OCH3 is 1. The molecule has 26 heavy (non-hydrogen) atoms. The average Bonchev–Trinajstić information content (AvgIpc) is 2.70. The van der Waals surface area contributed by atoms with Gasteiger partial charge in [0.1, 0.15) is 0 Å². The first-order valence-electron chi connectivity index (χ1n) is 8.34. The number of nitrogens with zero attached hydrogens (tertiary/aromatic N) is 3. The highest BCUT2D eigenvalue weighted by Crippen LogP contribution is 2.30. The maximum absolute atomic E-state index is 12.7. The minimum Gasteiger partial charge on any atom is -0.467 e.